The number of fused-ring (bicyclic) bond motifs is 1. The molecule has 0 bridgehead atoms. The summed E-state index contributed by atoms with van der Waals surface area (Å²) in [6.07, 6.45) is 0.767. The first kappa shape index (κ1) is 14.8. The molecule has 1 aromatic carbocycles. The van der Waals surface area contributed by atoms with Crippen LogP contribution in [0.4, 0.5) is 0 Å². The van der Waals surface area contributed by atoms with Gasteiger partial charge in [0, 0.05) is 22.5 Å². The first-order valence-corrected chi connectivity index (χ1v) is 7.28. The molecule has 0 aliphatic heterocycles. The lowest BCUT2D eigenvalue weighted by Gasteiger charge is -2.06. The fourth-order valence-electron chi connectivity index (χ4n) is 2.26. The topological polar surface area (TPSA) is 48.3 Å². The maximum atomic E-state index is 11.8. The predicted molar refractivity (Wildman–Crippen MR) is 80.9 cm³/mol. The molecule has 4 nitrogen and oxygen atoms in total. The minimum absolute atomic E-state index is 0.0545. The lowest BCUT2D eigenvalue weighted by molar-refractivity contribution is -0.143. The van der Waals surface area contributed by atoms with Crippen molar-refractivity contribution in [3.8, 4) is 0 Å². The van der Waals surface area contributed by atoms with Crippen molar-refractivity contribution >= 4 is 38.7 Å². The molecule has 1 heterocycles. The predicted octanol–water partition coefficient (Wildman–Crippen LogP) is 3.56. The maximum absolute atomic E-state index is 11.8. The molecule has 0 amide bonds. The SMILES string of the molecule is CCOC(=O)CCc1cc2cc(Br)ccc2n1C(C)=O. The smallest absolute Gasteiger partial charge is 0.306 e. The number of carbonyl (C=O) groups excluding carboxylic acids is 2. The van der Waals surface area contributed by atoms with E-state index < -0.39 is 0 Å². The molecule has 106 valence electrons. The molecule has 0 atom stereocenters. The Bertz CT molecular complexity index is 660. The lowest BCUT2D eigenvalue weighted by atomic mass is 10.2. The van der Waals surface area contributed by atoms with Gasteiger partial charge in [-0.3, -0.25) is 14.2 Å². The Hall–Kier alpha value is -1.62. The van der Waals surface area contributed by atoms with Gasteiger partial charge < -0.3 is 4.74 Å². The molecule has 5 heteroatoms. The molecule has 0 saturated heterocycles. The van der Waals surface area contributed by atoms with Gasteiger partial charge in [0.05, 0.1) is 18.5 Å². The highest BCUT2D eigenvalue weighted by Gasteiger charge is 2.13. The molecule has 2 rings (SSSR count). The van der Waals surface area contributed by atoms with Crippen molar-refractivity contribution < 1.29 is 14.3 Å². The summed E-state index contributed by atoms with van der Waals surface area (Å²) in [7, 11) is 0. The Morgan fingerprint density at radius 3 is 2.70 bits per heavy atom. The van der Waals surface area contributed by atoms with Gasteiger partial charge in [-0.1, -0.05) is 15.9 Å². The molecule has 0 spiro atoms. The van der Waals surface area contributed by atoms with E-state index in [1.165, 1.54) is 6.92 Å². The van der Waals surface area contributed by atoms with Crippen molar-refractivity contribution in [2.24, 2.45) is 0 Å². The van der Waals surface area contributed by atoms with Gasteiger partial charge in [-0.25, -0.2) is 0 Å². The normalized spacial score (nSPS) is 10.8. The highest BCUT2D eigenvalue weighted by atomic mass is 79.9. The largest absolute Gasteiger partial charge is 0.466 e. The lowest BCUT2D eigenvalue weighted by Crippen LogP contribution is -2.12. The zero-order chi connectivity index (χ0) is 14.7. The van der Waals surface area contributed by atoms with Crippen molar-refractivity contribution in [3.63, 3.8) is 0 Å². The summed E-state index contributed by atoms with van der Waals surface area (Å²) in [5, 5.41) is 0.980. The summed E-state index contributed by atoms with van der Waals surface area (Å²) in [6, 6.07) is 7.70. The van der Waals surface area contributed by atoms with Crippen LogP contribution in [0.5, 0.6) is 0 Å². The minimum atomic E-state index is -0.242. The van der Waals surface area contributed by atoms with E-state index in [4.69, 9.17) is 4.74 Å². The molecule has 0 fully saturated rings. The van der Waals surface area contributed by atoms with Gasteiger partial charge in [-0.15, -0.1) is 0 Å². The van der Waals surface area contributed by atoms with Gasteiger partial charge in [0.15, 0.2) is 0 Å². The Balaban J connectivity index is 2.34. The third-order valence-corrected chi connectivity index (χ3v) is 3.54. The maximum Gasteiger partial charge on any atom is 0.306 e. The van der Waals surface area contributed by atoms with Crippen LogP contribution in [0.25, 0.3) is 10.9 Å². The summed E-state index contributed by atoms with van der Waals surface area (Å²) in [5.41, 5.74) is 1.69. The number of nitrogens with zero attached hydrogens (tertiary/aromatic N) is 1. The highest BCUT2D eigenvalue weighted by Crippen LogP contribution is 2.24. The van der Waals surface area contributed by atoms with E-state index in [0.717, 1.165) is 21.1 Å². The van der Waals surface area contributed by atoms with Gasteiger partial charge in [0.25, 0.3) is 0 Å². The van der Waals surface area contributed by atoms with Crippen molar-refractivity contribution in [1.82, 2.24) is 4.57 Å². The van der Waals surface area contributed by atoms with E-state index in [1.807, 2.05) is 24.3 Å². The number of aromatic nitrogens is 1. The molecular weight excluding hydrogens is 322 g/mol. The van der Waals surface area contributed by atoms with Crippen molar-refractivity contribution in [2.75, 3.05) is 6.61 Å². The molecule has 0 saturated carbocycles. The van der Waals surface area contributed by atoms with Crippen LogP contribution in [0.1, 0.15) is 30.8 Å². The second-order valence-corrected chi connectivity index (χ2v) is 5.41. The second-order valence-electron chi connectivity index (χ2n) is 4.50. The third kappa shape index (κ3) is 3.10. The van der Waals surface area contributed by atoms with Crippen molar-refractivity contribution in [2.45, 2.75) is 26.7 Å². The van der Waals surface area contributed by atoms with E-state index >= 15 is 0 Å². The Morgan fingerprint density at radius 2 is 2.05 bits per heavy atom. The first-order chi connectivity index (χ1) is 9.52. The Kier molecular flexibility index (Phi) is 4.60. The zero-order valence-corrected chi connectivity index (χ0v) is 13.1. The fraction of sp³-hybridized carbons (Fsp3) is 0.333. The second kappa shape index (κ2) is 6.22. The summed E-state index contributed by atoms with van der Waals surface area (Å²) in [6.45, 7) is 3.68. The minimum Gasteiger partial charge on any atom is -0.466 e. The van der Waals surface area contributed by atoms with E-state index in [2.05, 4.69) is 15.9 Å². The summed E-state index contributed by atoms with van der Waals surface area (Å²) < 4.78 is 7.53. The fourth-order valence-corrected chi connectivity index (χ4v) is 2.64. The van der Waals surface area contributed by atoms with Crippen molar-refractivity contribution in [3.05, 3.63) is 34.4 Å². The molecule has 20 heavy (non-hydrogen) atoms. The van der Waals surface area contributed by atoms with Crippen LogP contribution in [0.2, 0.25) is 0 Å². The number of halogens is 1. The highest BCUT2D eigenvalue weighted by molar-refractivity contribution is 9.10. The van der Waals surface area contributed by atoms with Gasteiger partial charge >= 0.3 is 5.97 Å². The van der Waals surface area contributed by atoms with Gasteiger partial charge in [-0.05, 0) is 37.6 Å². The summed E-state index contributed by atoms with van der Waals surface area (Å²) >= 11 is 3.42. The van der Waals surface area contributed by atoms with Crippen LogP contribution >= 0.6 is 15.9 Å². The molecule has 0 N–H and O–H groups in total. The molecule has 1 aromatic heterocycles. The number of esters is 1. The van der Waals surface area contributed by atoms with Gasteiger partial charge in [0.2, 0.25) is 5.91 Å². The van der Waals surface area contributed by atoms with Crippen LogP contribution in [0, 0.1) is 0 Å². The molecule has 0 aliphatic rings. The summed E-state index contributed by atoms with van der Waals surface area (Å²) in [5.74, 6) is -0.296. The van der Waals surface area contributed by atoms with E-state index in [1.54, 1.807) is 11.5 Å². The molecule has 0 aliphatic carbocycles. The van der Waals surface area contributed by atoms with Crippen LogP contribution in [-0.2, 0) is 16.0 Å². The number of carbonyl (C=O) groups is 2. The monoisotopic (exact) mass is 337 g/mol. The number of rotatable bonds is 4. The third-order valence-electron chi connectivity index (χ3n) is 3.05. The van der Waals surface area contributed by atoms with Crippen LogP contribution in [-0.4, -0.2) is 23.1 Å². The molecule has 0 radical (unpaired) electrons. The average Bonchev–Trinajstić information content (AvgIpc) is 2.74. The van der Waals surface area contributed by atoms with Crippen LogP contribution < -0.4 is 0 Å². The number of benzene rings is 1. The van der Waals surface area contributed by atoms with Gasteiger partial charge in [-0.2, -0.15) is 0 Å². The van der Waals surface area contributed by atoms with Crippen molar-refractivity contribution in [1.29, 1.82) is 0 Å². The average molecular weight is 338 g/mol. The number of aryl methyl sites for hydroxylation is 1. The number of hydrogen-bond acceptors (Lipinski definition) is 3. The van der Waals surface area contributed by atoms with E-state index in [0.29, 0.717) is 13.0 Å². The first-order valence-electron chi connectivity index (χ1n) is 6.49. The molecule has 0 unspecified atom stereocenters. The van der Waals surface area contributed by atoms with Crippen LogP contribution in [0.3, 0.4) is 0 Å². The quantitative estimate of drug-likeness (QED) is 0.801. The zero-order valence-electron chi connectivity index (χ0n) is 11.5. The number of hydrogen-bond donors (Lipinski definition) is 0. The molecule has 2 aromatic rings. The van der Waals surface area contributed by atoms with E-state index in [9.17, 15) is 9.59 Å². The van der Waals surface area contributed by atoms with Crippen LogP contribution in [0.15, 0.2) is 28.7 Å². The number of ether oxygens (including phenoxy) is 1. The van der Waals surface area contributed by atoms with E-state index in [-0.39, 0.29) is 18.3 Å². The Morgan fingerprint density at radius 1 is 1.30 bits per heavy atom. The Labute approximate surface area is 125 Å². The summed E-state index contributed by atoms with van der Waals surface area (Å²) in [4.78, 5) is 23.3. The van der Waals surface area contributed by atoms with Gasteiger partial charge in [0.1, 0.15) is 0 Å². The standard InChI is InChI=1S/C15H16BrNO3/c1-3-20-15(19)7-5-13-9-11-8-12(16)4-6-14(11)17(13)10(2)18/h4,6,8-9H,3,5,7H2,1-2H3. The molecular formula is C15H16BrNO3.